The maximum absolute atomic E-state index is 13.7. The van der Waals surface area contributed by atoms with Gasteiger partial charge in [-0.1, -0.05) is 70.5 Å². The number of nitrogens with one attached hydrogen (secondary N) is 1. The first-order valence-electron chi connectivity index (χ1n) is 12.5. The van der Waals surface area contributed by atoms with Gasteiger partial charge in [0.1, 0.15) is 5.75 Å². The molecule has 35 heavy (non-hydrogen) atoms. The number of hydrogen-bond donors (Lipinski definition) is 1. The number of carbonyl (C=O) groups is 2. The highest BCUT2D eigenvalue weighted by molar-refractivity contribution is 5.87. The maximum atomic E-state index is 13.7. The van der Waals surface area contributed by atoms with E-state index in [2.05, 4.69) is 24.0 Å². The highest BCUT2D eigenvalue weighted by Crippen LogP contribution is 2.23. The number of aromatic amines is 1. The molecule has 3 aromatic rings. The number of benzene rings is 2. The van der Waals surface area contributed by atoms with Gasteiger partial charge in [-0.2, -0.15) is 0 Å². The summed E-state index contributed by atoms with van der Waals surface area (Å²) in [6.45, 7) is 9.45. The number of nitrogens with zero attached hydrogens (tertiary/aromatic N) is 2. The first-order valence-corrected chi connectivity index (χ1v) is 12.5. The van der Waals surface area contributed by atoms with Crippen LogP contribution in [-0.4, -0.2) is 53.3 Å². The number of H-pyrrole nitrogens is 1. The molecule has 3 rings (SSSR count). The van der Waals surface area contributed by atoms with Gasteiger partial charge in [0.15, 0.2) is 0 Å². The van der Waals surface area contributed by atoms with E-state index in [0.717, 1.165) is 29.7 Å². The van der Waals surface area contributed by atoms with Crippen molar-refractivity contribution in [2.24, 2.45) is 5.41 Å². The molecule has 0 spiro atoms. The van der Waals surface area contributed by atoms with Crippen molar-refractivity contribution in [2.45, 2.75) is 53.5 Å². The molecular weight excluding hydrogens is 438 g/mol. The summed E-state index contributed by atoms with van der Waals surface area (Å²) in [5.74, 6) is 0.712. The summed E-state index contributed by atoms with van der Waals surface area (Å²) in [6, 6.07) is 16.0. The van der Waals surface area contributed by atoms with E-state index in [4.69, 9.17) is 4.74 Å². The number of ether oxygens (including phenoxy) is 1. The second kappa shape index (κ2) is 11.9. The van der Waals surface area contributed by atoms with Gasteiger partial charge in [-0.05, 0) is 30.5 Å². The molecule has 1 aromatic heterocycles. The summed E-state index contributed by atoms with van der Waals surface area (Å²) in [6.07, 6.45) is 4.57. The Bertz CT molecular complexity index is 1130. The fourth-order valence-corrected chi connectivity index (χ4v) is 4.26. The van der Waals surface area contributed by atoms with Gasteiger partial charge in [-0.3, -0.25) is 9.59 Å². The van der Waals surface area contributed by atoms with E-state index >= 15 is 0 Å². The zero-order valence-electron chi connectivity index (χ0n) is 21.8. The van der Waals surface area contributed by atoms with Crippen molar-refractivity contribution < 1.29 is 14.3 Å². The predicted molar refractivity (Wildman–Crippen MR) is 141 cm³/mol. The van der Waals surface area contributed by atoms with Gasteiger partial charge in [0, 0.05) is 47.7 Å². The fraction of sp³-hybridized carbons (Fsp3) is 0.448. The van der Waals surface area contributed by atoms with E-state index < -0.39 is 5.41 Å². The van der Waals surface area contributed by atoms with Gasteiger partial charge in [0.2, 0.25) is 11.8 Å². The standard InChI is InChI=1S/C29H39N3O3/c1-6-7-17-32(28(34)29(2,3)4)21-27(33)31(20-23-12-8-11-15-26(23)35-5)18-16-22-19-30-25-14-10-9-13-24(22)25/h8-15,19,30H,6-7,16-18,20-21H2,1-5H3. The highest BCUT2D eigenvalue weighted by atomic mass is 16.5. The third-order valence-corrected chi connectivity index (χ3v) is 6.27. The Labute approximate surface area is 209 Å². The average molecular weight is 478 g/mol. The molecule has 1 heterocycles. The molecule has 0 unspecified atom stereocenters. The Balaban J connectivity index is 1.83. The summed E-state index contributed by atoms with van der Waals surface area (Å²) in [5.41, 5.74) is 2.68. The Kier molecular flexibility index (Phi) is 8.96. The largest absolute Gasteiger partial charge is 0.496 e. The molecule has 0 atom stereocenters. The molecule has 0 fully saturated rings. The number of amides is 2. The monoisotopic (exact) mass is 477 g/mol. The van der Waals surface area contributed by atoms with Gasteiger partial charge in [-0.25, -0.2) is 0 Å². The molecule has 0 saturated heterocycles. The molecule has 0 aliphatic rings. The minimum absolute atomic E-state index is 0.00757. The molecule has 1 N–H and O–H groups in total. The van der Waals surface area contributed by atoms with Crippen molar-refractivity contribution in [2.75, 3.05) is 26.7 Å². The van der Waals surface area contributed by atoms with Crippen molar-refractivity contribution in [3.63, 3.8) is 0 Å². The van der Waals surface area contributed by atoms with Crippen LogP contribution in [0, 0.1) is 5.41 Å². The van der Waals surface area contributed by atoms with Crippen LogP contribution in [0.1, 0.15) is 51.7 Å². The molecule has 6 heteroatoms. The van der Waals surface area contributed by atoms with Crippen LogP contribution in [0.25, 0.3) is 10.9 Å². The normalized spacial score (nSPS) is 11.5. The number of aromatic nitrogens is 1. The number of hydrogen-bond acceptors (Lipinski definition) is 3. The van der Waals surface area contributed by atoms with Crippen LogP contribution in [0.3, 0.4) is 0 Å². The molecule has 2 amide bonds. The third kappa shape index (κ3) is 6.87. The number of carbonyl (C=O) groups excluding carboxylic acids is 2. The van der Waals surface area contributed by atoms with Gasteiger partial charge in [-0.15, -0.1) is 0 Å². The van der Waals surface area contributed by atoms with Gasteiger partial charge in [0.25, 0.3) is 0 Å². The maximum Gasteiger partial charge on any atom is 0.242 e. The minimum atomic E-state index is -0.536. The fourth-order valence-electron chi connectivity index (χ4n) is 4.26. The first kappa shape index (κ1) is 26.3. The van der Waals surface area contributed by atoms with E-state index in [1.165, 1.54) is 10.9 Å². The van der Waals surface area contributed by atoms with Crippen LogP contribution in [0.2, 0.25) is 0 Å². The van der Waals surface area contributed by atoms with Crippen molar-refractivity contribution >= 4 is 22.7 Å². The van der Waals surface area contributed by atoms with Crippen LogP contribution < -0.4 is 4.74 Å². The Morgan fingerprint density at radius 3 is 2.37 bits per heavy atom. The molecule has 188 valence electrons. The second-order valence-corrected chi connectivity index (χ2v) is 10.1. The predicted octanol–water partition coefficient (Wildman–Crippen LogP) is 5.42. The molecule has 2 aromatic carbocycles. The molecule has 0 aliphatic heterocycles. The SMILES string of the molecule is CCCCN(CC(=O)N(CCc1c[nH]c2ccccc12)Cc1ccccc1OC)C(=O)C(C)(C)C. The van der Waals surface area contributed by atoms with E-state index in [0.29, 0.717) is 26.1 Å². The van der Waals surface area contributed by atoms with Crippen LogP contribution in [0.15, 0.2) is 54.7 Å². The number of rotatable bonds is 11. The Hall–Kier alpha value is -3.28. The average Bonchev–Trinajstić information content (AvgIpc) is 3.26. The molecule has 6 nitrogen and oxygen atoms in total. The minimum Gasteiger partial charge on any atom is -0.496 e. The van der Waals surface area contributed by atoms with Crippen LogP contribution in [-0.2, 0) is 22.6 Å². The lowest BCUT2D eigenvalue weighted by atomic mass is 9.94. The number of para-hydroxylation sites is 2. The van der Waals surface area contributed by atoms with E-state index in [9.17, 15) is 9.59 Å². The molecule has 0 saturated carbocycles. The van der Waals surface area contributed by atoms with E-state index in [1.54, 1.807) is 12.0 Å². The van der Waals surface area contributed by atoms with E-state index in [1.807, 2.05) is 68.3 Å². The molecular formula is C29H39N3O3. The lowest BCUT2D eigenvalue weighted by Crippen LogP contribution is -2.47. The molecule has 0 radical (unpaired) electrons. The molecule has 0 bridgehead atoms. The van der Waals surface area contributed by atoms with Crippen LogP contribution in [0.4, 0.5) is 0 Å². The zero-order valence-corrected chi connectivity index (χ0v) is 21.8. The Morgan fingerprint density at radius 2 is 1.66 bits per heavy atom. The lowest BCUT2D eigenvalue weighted by molar-refractivity contribution is -0.145. The van der Waals surface area contributed by atoms with E-state index in [-0.39, 0.29) is 18.4 Å². The van der Waals surface area contributed by atoms with Gasteiger partial charge >= 0.3 is 0 Å². The van der Waals surface area contributed by atoms with Crippen molar-refractivity contribution in [1.29, 1.82) is 0 Å². The third-order valence-electron chi connectivity index (χ3n) is 6.27. The van der Waals surface area contributed by atoms with Gasteiger partial charge < -0.3 is 19.5 Å². The summed E-state index contributed by atoms with van der Waals surface area (Å²) in [5, 5.41) is 1.17. The quantitative estimate of drug-likeness (QED) is 0.401. The first-order chi connectivity index (χ1) is 16.7. The van der Waals surface area contributed by atoms with Gasteiger partial charge in [0.05, 0.1) is 13.7 Å². The summed E-state index contributed by atoms with van der Waals surface area (Å²) < 4.78 is 5.54. The molecule has 0 aliphatic carbocycles. The number of fused-ring (bicyclic) bond motifs is 1. The second-order valence-electron chi connectivity index (χ2n) is 10.1. The lowest BCUT2D eigenvalue weighted by Gasteiger charge is -2.32. The number of unbranched alkanes of at least 4 members (excludes halogenated alkanes) is 1. The smallest absolute Gasteiger partial charge is 0.242 e. The summed E-state index contributed by atoms with van der Waals surface area (Å²) in [4.78, 5) is 33.7. The summed E-state index contributed by atoms with van der Waals surface area (Å²) in [7, 11) is 1.64. The number of methoxy groups -OCH3 is 1. The zero-order chi connectivity index (χ0) is 25.4. The van der Waals surface area contributed by atoms with Crippen LogP contribution >= 0.6 is 0 Å². The van der Waals surface area contributed by atoms with Crippen molar-refractivity contribution in [1.82, 2.24) is 14.8 Å². The highest BCUT2D eigenvalue weighted by Gasteiger charge is 2.29. The van der Waals surface area contributed by atoms with Crippen molar-refractivity contribution in [3.8, 4) is 5.75 Å². The van der Waals surface area contributed by atoms with Crippen molar-refractivity contribution in [3.05, 3.63) is 65.9 Å². The topological polar surface area (TPSA) is 65.6 Å². The Morgan fingerprint density at radius 1 is 0.943 bits per heavy atom. The van der Waals surface area contributed by atoms with Crippen LogP contribution in [0.5, 0.6) is 5.75 Å². The summed E-state index contributed by atoms with van der Waals surface area (Å²) >= 11 is 0.